The molecule has 28 heavy (non-hydrogen) atoms. The van der Waals surface area contributed by atoms with Crippen LogP contribution in [0.2, 0.25) is 0 Å². The van der Waals surface area contributed by atoms with E-state index in [1.807, 2.05) is 36.4 Å². The van der Waals surface area contributed by atoms with Crippen molar-refractivity contribution in [2.75, 3.05) is 18.6 Å². The maximum absolute atomic E-state index is 14.3. The van der Waals surface area contributed by atoms with E-state index in [0.29, 0.717) is 18.8 Å². The highest BCUT2D eigenvalue weighted by Crippen LogP contribution is 2.39. The number of hydrogen-bond donors (Lipinski definition) is 0. The summed E-state index contributed by atoms with van der Waals surface area (Å²) in [6, 6.07) is 14.7. The molecule has 0 saturated heterocycles. The van der Waals surface area contributed by atoms with E-state index in [-0.39, 0.29) is 5.82 Å². The van der Waals surface area contributed by atoms with Crippen LogP contribution in [0.15, 0.2) is 60.9 Å². The summed E-state index contributed by atoms with van der Waals surface area (Å²) in [4.78, 5) is 15.8. The van der Waals surface area contributed by atoms with Crippen molar-refractivity contribution in [1.82, 2.24) is 15.0 Å². The maximum Gasteiger partial charge on any atom is 0.163 e. The van der Waals surface area contributed by atoms with Gasteiger partial charge in [0, 0.05) is 41.1 Å². The number of methoxy groups -OCH3 is 1. The van der Waals surface area contributed by atoms with Gasteiger partial charge in [-0.3, -0.25) is 4.98 Å². The predicted molar refractivity (Wildman–Crippen MR) is 106 cm³/mol. The van der Waals surface area contributed by atoms with Crippen molar-refractivity contribution in [3.63, 3.8) is 0 Å². The summed E-state index contributed by atoms with van der Waals surface area (Å²) in [5, 5.41) is 0.865. The lowest BCUT2D eigenvalue weighted by molar-refractivity contribution is 0.415. The summed E-state index contributed by atoms with van der Waals surface area (Å²) in [6.45, 7) is 0.659. The minimum absolute atomic E-state index is 0.177. The lowest BCUT2D eigenvalue weighted by Crippen LogP contribution is -2.16. The summed E-state index contributed by atoms with van der Waals surface area (Å²) >= 11 is 0. The number of halogens is 1. The van der Waals surface area contributed by atoms with Gasteiger partial charge in [0.1, 0.15) is 17.4 Å². The van der Waals surface area contributed by atoms with Crippen LogP contribution in [0.4, 0.5) is 15.9 Å². The Balaban J connectivity index is 1.76. The lowest BCUT2D eigenvalue weighted by Gasteiger charge is -2.21. The quantitative estimate of drug-likeness (QED) is 0.529. The molecule has 0 aliphatic carbocycles. The van der Waals surface area contributed by atoms with E-state index in [9.17, 15) is 4.39 Å². The Labute approximate surface area is 161 Å². The fraction of sp³-hybridized carbons (Fsp3) is 0.136. The molecule has 138 valence electrons. The first-order chi connectivity index (χ1) is 13.7. The molecule has 2 aromatic carbocycles. The highest BCUT2D eigenvalue weighted by Gasteiger charge is 2.26. The molecular weight excluding hydrogens is 355 g/mol. The minimum Gasteiger partial charge on any atom is -0.497 e. The van der Waals surface area contributed by atoms with Crippen LogP contribution >= 0.6 is 0 Å². The average Bonchev–Trinajstić information content (AvgIpc) is 3.18. The van der Waals surface area contributed by atoms with Gasteiger partial charge in [0.2, 0.25) is 0 Å². The molecule has 4 aromatic rings. The number of hydrogen-bond acceptors (Lipinski definition) is 5. The first kappa shape index (κ1) is 16.6. The van der Waals surface area contributed by atoms with Crippen molar-refractivity contribution < 1.29 is 9.13 Å². The third-order valence-electron chi connectivity index (χ3n) is 5.03. The van der Waals surface area contributed by atoms with Gasteiger partial charge in [-0.1, -0.05) is 6.07 Å². The number of fused-ring (bicyclic) bond motifs is 2. The van der Waals surface area contributed by atoms with Crippen LogP contribution < -0.4 is 9.64 Å². The molecule has 0 atom stereocenters. The maximum atomic E-state index is 14.3. The molecule has 1 aliphatic heterocycles. The lowest BCUT2D eigenvalue weighted by atomic mass is 10.1. The van der Waals surface area contributed by atoms with Gasteiger partial charge in [-0.2, -0.15) is 0 Å². The topological polar surface area (TPSA) is 51.1 Å². The van der Waals surface area contributed by atoms with E-state index in [0.717, 1.165) is 39.3 Å². The molecule has 0 N–H and O–H groups in total. The third kappa shape index (κ3) is 2.65. The molecule has 6 heteroatoms. The van der Waals surface area contributed by atoms with Crippen molar-refractivity contribution in [3.05, 3.63) is 72.3 Å². The number of nitrogens with zero attached hydrogens (tertiary/aromatic N) is 4. The standard InChI is InChI=1S/C22H17FN4O/c1-28-15-7-8-19-17(12-15)22(26-21(25-19)14-4-3-10-24-13-14)27-11-9-16-18(23)5-2-6-20(16)27/h2-8,10,12-13H,9,11H2,1H3. The molecule has 3 heterocycles. The first-order valence-electron chi connectivity index (χ1n) is 9.06. The van der Waals surface area contributed by atoms with E-state index in [2.05, 4.69) is 9.88 Å². The van der Waals surface area contributed by atoms with Crippen molar-refractivity contribution in [3.8, 4) is 17.1 Å². The van der Waals surface area contributed by atoms with Crippen LogP contribution in [0, 0.1) is 5.82 Å². The molecule has 0 fully saturated rings. The van der Waals surface area contributed by atoms with E-state index >= 15 is 0 Å². The second kappa shape index (κ2) is 6.56. The molecule has 0 saturated carbocycles. The normalized spacial score (nSPS) is 13.0. The summed E-state index contributed by atoms with van der Waals surface area (Å²) in [7, 11) is 1.63. The van der Waals surface area contributed by atoms with Gasteiger partial charge in [0.25, 0.3) is 0 Å². The largest absolute Gasteiger partial charge is 0.497 e. The SMILES string of the molecule is COc1ccc2nc(-c3cccnc3)nc(N3CCc4c(F)cccc43)c2c1. The second-order valence-corrected chi connectivity index (χ2v) is 6.63. The molecular formula is C22H17FN4O. The summed E-state index contributed by atoms with van der Waals surface area (Å²) in [5.41, 5.74) is 3.20. The Kier molecular flexibility index (Phi) is 3.90. The van der Waals surface area contributed by atoms with Gasteiger partial charge in [-0.15, -0.1) is 0 Å². The monoisotopic (exact) mass is 372 g/mol. The zero-order valence-corrected chi connectivity index (χ0v) is 15.3. The van der Waals surface area contributed by atoms with Crippen molar-refractivity contribution in [1.29, 1.82) is 0 Å². The molecule has 0 unspecified atom stereocenters. The number of anilines is 2. The molecule has 5 nitrogen and oxygen atoms in total. The van der Waals surface area contributed by atoms with Crippen LogP contribution in [-0.4, -0.2) is 28.6 Å². The Morgan fingerprint density at radius 2 is 2.00 bits per heavy atom. The third-order valence-corrected chi connectivity index (χ3v) is 5.03. The van der Waals surface area contributed by atoms with Gasteiger partial charge in [-0.05, 0) is 48.9 Å². The summed E-state index contributed by atoms with van der Waals surface area (Å²) in [6.07, 6.45) is 4.10. The minimum atomic E-state index is -0.177. The molecule has 0 spiro atoms. The highest BCUT2D eigenvalue weighted by molar-refractivity contribution is 5.94. The molecule has 1 aliphatic rings. The van der Waals surface area contributed by atoms with Crippen molar-refractivity contribution in [2.45, 2.75) is 6.42 Å². The van der Waals surface area contributed by atoms with Gasteiger partial charge >= 0.3 is 0 Å². The smallest absolute Gasteiger partial charge is 0.163 e. The summed E-state index contributed by atoms with van der Waals surface area (Å²) < 4.78 is 19.7. The molecule has 5 rings (SSSR count). The fourth-order valence-electron chi connectivity index (χ4n) is 3.66. The van der Waals surface area contributed by atoms with Crippen LogP contribution in [0.3, 0.4) is 0 Å². The molecule has 2 aromatic heterocycles. The predicted octanol–water partition coefficient (Wildman–Crippen LogP) is 4.53. The number of ether oxygens (including phenoxy) is 1. The van der Waals surface area contributed by atoms with Crippen LogP contribution in [0.25, 0.3) is 22.3 Å². The molecule has 0 amide bonds. The zero-order chi connectivity index (χ0) is 19.1. The number of pyridine rings is 1. The molecule has 0 bridgehead atoms. The summed E-state index contributed by atoms with van der Waals surface area (Å²) in [5.74, 6) is 1.88. The number of rotatable bonds is 3. The van der Waals surface area contributed by atoms with E-state index in [1.165, 1.54) is 6.07 Å². The van der Waals surface area contributed by atoms with Crippen molar-refractivity contribution >= 4 is 22.4 Å². The first-order valence-corrected chi connectivity index (χ1v) is 9.06. The Morgan fingerprint density at radius 1 is 1.07 bits per heavy atom. The van der Waals surface area contributed by atoms with Gasteiger partial charge < -0.3 is 9.64 Å². The number of aromatic nitrogens is 3. The van der Waals surface area contributed by atoms with Gasteiger partial charge in [0.15, 0.2) is 5.82 Å². The van der Waals surface area contributed by atoms with E-state index < -0.39 is 0 Å². The van der Waals surface area contributed by atoms with Crippen LogP contribution in [-0.2, 0) is 6.42 Å². The van der Waals surface area contributed by atoms with Gasteiger partial charge in [0.05, 0.1) is 12.6 Å². The van der Waals surface area contributed by atoms with Crippen LogP contribution in [0.1, 0.15) is 5.56 Å². The second-order valence-electron chi connectivity index (χ2n) is 6.63. The Hall–Kier alpha value is -3.54. The average molecular weight is 372 g/mol. The molecule has 0 radical (unpaired) electrons. The van der Waals surface area contributed by atoms with E-state index in [4.69, 9.17) is 14.7 Å². The fourth-order valence-corrected chi connectivity index (χ4v) is 3.66. The van der Waals surface area contributed by atoms with Crippen molar-refractivity contribution in [2.24, 2.45) is 0 Å². The Morgan fingerprint density at radius 3 is 2.82 bits per heavy atom. The highest BCUT2D eigenvalue weighted by atomic mass is 19.1. The number of benzene rings is 2. The Bertz CT molecular complexity index is 1180. The van der Waals surface area contributed by atoms with Gasteiger partial charge in [-0.25, -0.2) is 14.4 Å². The van der Waals surface area contributed by atoms with Crippen LogP contribution in [0.5, 0.6) is 5.75 Å². The van der Waals surface area contributed by atoms with E-state index in [1.54, 1.807) is 25.6 Å². The zero-order valence-electron chi connectivity index (χ0n) is 15.3.